The van der Waals surface area contributed by atoms with Gasteiger partial charge in [0.25, 0.3) is 0 Å². The summed E-state index contributed by atoms with van der Waals surface area (Å²) in [6.07, 6.45) is -0.577. The van der Waals surface area contributed by atoms with Gasteiger partial charge in [0.15, 0.2) is 0 Å². The van der Waals surface area contributed by atoms with E-state index in [0.717, 1.165) is 19.3 Å². The molecule has 29 heteroatoms. The second-order valence-electron chi connectivity index (χ2n) is 27.5. The first kappa shape index (κ1) is 85.1. The lowest BCUT2D eigenvalue weighted by Crippen LogP contribution is -2.60. The van der Waals surface area contributed by atoms with Gasteiger partial charge >= 0.3 is 28.7 Å². The standard InChI is InChI=1S/C68H116F3N13O12.Al.2H/c1-16-19-23-44(9)59(81(11)12)65(92)80-57(42(6)7)66(93)82(13)58(43(8)18-3)51(95-14)38-55(87)84-35-21-25-50(84)60(96-15)45(10)61(88)76-40-54(86)75-39-46-27-29-48(30-28-46)77-63(90)49(24-20-33-74-67(72)94)78-64(91)56(41(4)5)79-53(85)26-22-34-83-36-31-47(62(89)73-32-17-2)37-52(83)68(69,70)71;;;/h27-30,41-45,47,49-52,56-60H,16-26,31-40H2,1-15H3,(H10,72,73,74,75,76,77,78,79,80,85,86,88,89,90,91,92,94);;;/q;+1;;/p-1/t43-,44?,45+,47?,49-,50-,51+,52?,56-,57-,58-,59-,60+;;;/m0.../s1. The molecule has 2 fully saturated rings. The number of halogens is 3. The van der Waals surface area contributed by atoms with Gasteiger partial charge in [-0.15, -0.1) is 0 Å². The highest BCUT2D eigenvalue weighted by Gasteiger charge is 2.49. The number of piperidine rings is 1. The quantitative estimate of drug-likeness (QED) is 0.0332. The van der Waals surface area contributed by atoms with E-state index in [-0.39, 0.29) is 119 Å². The second-order valence-corrected chi connectivity index (χ2v) is 28.6. The third-order valence-electron chi connectivity index (χ3n) is 19.1. The van der Waals surface area contributed by atoms with Crippen molar-refractivity contribution < 1.29 is 70.6 Å². The molecular formula is C68H117AlF3N13O12. The molecular weight excluding hydrogens is 1270 g/mol. The molecule has 2 aliphatic heterocycles. The van der Waals surface area contributed by atoms with E-state index in [2.05, 4.69) is 51.1 Å². The monoisotopic (exact) mass is 1390 g/mol. The Balaban J connectivity index is 1.61. The Labute approximate surface area is 582 Å². The number of amides is 11. The van der Waals surface area contributed by atoms with E-state index >= 15 is 0 Å². The number of unbranched alkanes of at least 4 members (excludes halogenated alkanes) is 1. The van der Waals surface area contributed by atoms with E-state index in [1.807, 2.05) is 53.6 Å². The fourth-order valence-electron chi connectivity index (χ4n) is 13.4. The van der Waals surface area contributed by atoms with Crippen molar-refractivity contribution >= 4 is 81.4 Å². The van der Waals surface area contributed by atoms with Crippen molar-refractivity contribution in [2.75, 3.05) is 79.9 Å². The third-order valence-corrected chi connectivity index (χ3v) is 20.0. The van der Waals surface area contributed by atoms with Crippen LogP contribution in [0.2, 0.25) is 0 Å². The van der Waals surface area contributed by atoms with Gasteiger partial charge in [-0.2, -0.15) is 13.2 Å². The number of primary amides is 1. The zero-order chi connectivity index (χ0) is 73.0. The van der Waals surface area contributed by atoms with Gasteiger partial charge in [0.2, 0.25) is 53.2 Å². The van der Waals surface area contributed by atoms with Gasteiger partial charge in [-0.25, -0.2) is 4.79 Å². The first-order valence-corrected chi connectivity index (χ1v) is 35.8. The highest BCUT2D eigenvalue weighted by Crippen LogP contribution is 2.36. The van der Waals surface area contributed by atoms with Gasteiger partial charge in [0.05, 0.1) is 49.2 Å². The molecule has 2 heterocycles. The Morgan fingerprint density at radius 2 is 1.39 bits per heavy atom. The number of urea groups is 1. The molecule has 0 radical (unpaired) electrons. The Hall–Kier alpha value is -6.12. The number of hydrogen-bond acceptors (Lipinski definition) is 14. The molecule has 3 unspecified atom stereocenters. The summed E-state index contributed by atoms with van der Waals surface area (Å²) < 4.78 is 56.5. The Morgan fingerprint density at radius 1 is 0.732 bits per heavy atom. The van der Waals surface area contributed by atoms with Crippen LogP contribution in [0, 0.1) is 35.5 Å². The second kappa shape index (κ2) is 42.1. The minimum atomic E-state index is -4.58. The molecule has 2 aliphatic rings. The van der Waals surface area contributed by atoms with Crippen LogP contribution >= 0.6 is 0 Å². The van der Waals surface area contributed by atoms with Gasteiger partial charge in [-0.05, 0) is 133 Å². The summed E-state index contributed by atoms with van der Waals surface area (Å²) in [5.41, 5.74) is 6.21. The number of nitrogens with one attached hydrogen (secondary N) is 7. The van der Waals surface area contributed by atoms with E-state index in [1.54, 1.807) is 65.8 Å². The van der Waals surface area contributed by atoms with Crippen LogP contribution in [-0.4, -0.2) is 234 Å². The number of carbonyl (C=O) groups is 10. The number of hydrogen-bond donors (Lipinski definition) is 8. The normalized spacial score (nSPS) is 19.1. The van der Waals surface area contributed by atoms with Crippen molar-refractivity contribution in [3.05, 3.63) is 29.8 Å². The smallest absolute Gasteiger partial charge is 0.404 e. The summed E-state index contributed by atoms with van der Waals surface area (Å²) in [7, 11) is 8.45. The summed E-state index contributed by atoms with van der Waals surface area (Å²) in [6, 6.07) is -0.702. The fraction of sp³-hybridized carbons (Fsp3) is 0.765. The first-order valence-electron chi connectivity index (χ1n) is 34.9. The van der Waals surface area contributed by atoms with Crippen LogP contribution in [0.5, 0.6) is 0 Å². The molecule has 0 saturated carbocycles. The van der Waals surface area contributed by atoms with Crippen LogP contribution in [0.25, 0.3) is 0 Å². The van der Waals surface area contributed by atoms with E-state index in [9.17, 15) is 61.1 Å². The number of carbonyl (C=O) groups excluding carboxylic acids is 10. The zero-order valence-corrected chi connectivity index (χ0v) is 62.7. The molecule has 0 bridgehead atoms. The summed E-state index contributed by atoms with van der Waals surface area (Å²) in [6.45, 7) is 19.6. The molecule has 13 atom stereocenters. The number of methoxy groups -OCH3 is 2. The SMILES string of the molecule is CCCCC(C)[C@@H](C(=O)N[C@H](C(=O)N(C)[C@@H]([C@@H](C)CC)[C@@H](CC(=O)N1CCC[C@H]1[C@H](OC)[C@@H](C)C(=O)NCC(=O)NCc1ccc(NC(=O)[C@H](CCCNC(N)=O)NC(=O)[C@@H](NC(=O)CCCN2CCC(C(=O)[N]([AlH2])CCC)CC2C(F)(F)F)C(C)C)cc1)OC)C(C)C)N(C)C. The topological polar surface area (TPSA) is 316 Å². The largest absolute Gasteiger partial charge is 0.440 e. The lowest BCUT2D eigenvalue weighted by molar-refractivity contribution is -0.196. The number of rotatable bonds is 41. The van der Waals surface area contributed by atoms with E-state index in [1.165, 1.54) is 19.1 Å². The van der Waals surface area contributed by atoms with E-state index in [4.69, 9.17) is 15.2 Å². The number of likely N-dealkylation sites (N-methyl/N-ethyl adjacent to an activating group) is 2. The van der Waals surface area contributed by atoms with Crippen molar-refractivity contribution in [3.8, 4) is 0 Å². The van der Waals surface area contributed by atoms with Crippen molar-refractivity contribution in [3.63, 3.8) is 0 Å². The first-order chi connectivity index (χ1) is 45.7. The number of anilines is 1. The predicted octanol–water partition coefficient (Wildman–Crippen LogP) is 4.46. The van der Waals surface area contributed by atoms with Crippen molar-refractivity contribution in [2.24, 2.45) is 41.2 Å². The average molecular weight is 1390 g/mol. The molecule has 1 aromatic carbocycles. The van der Waals surface area contributed by atoms with Crippen LogP contribution in [0.1, 0.15) is 165 Å². The van der Waals surface area contributed by atoms with Gasteiger partial charge < -0.3 is 66.1 Å². The maximum Gasteiger partial charge on any atom is 0.404 e. The van der Waals surface area contributed by atoms with E-state index in [0.29, 0.717) is 66.5 Å². The minimum Gasteiger partial charge on any atom is -0.440 e. The molecule has 0 aliphatic carbocycles. The molecule has 9 N–H and O–H groups in total. The molecule has 3 rings (SSSR count). The van der Waals surface area contributed by atoms with Crippen molar-refractivity contribution in [2.45, 2.75) is 226 Å². The Bertz CT molecular complexity index is 2700. The lowest BCUT2D eigenvalue weighted by Gasteiger charge is -2.41. The van der Waals surface area contributed by atoms with Gasteiger partial charge in [-0.1, -0.05) is 101 Å². The van der Waals surface area contributed by atoms with Gasteiger partial charge in [0.1, 0.15) is 24.2 Å². The summed E-state index contributed by atoms with van der Waals surface area (Å²) in [4.78, 5) is 142. The van der Waals surface area contributed by atoms with Crippen LogP contribution in [-0.2, 0) is 59.2 Å². The molecule has 1 aromatic rings. The van der Waals surface area contributed by atoms with E-state index < -0.39 is 114 Å². The number of nitrogens with two attached hydrogens (primary N) is 1. The highest BCUT2D eigenvalue weighted by molar-refractivity contribution is 6.14. The predicted molar refractivity (Wildman–Crippen MR) is 368 cm³/mol. The van der Waals surface area contributed by atoms with Crippen LogP contribution in [0.4, 0.5) is 23.7 Å². The van der Waals surface area contributed by atoms with Gasteiger partial charge in [-0.3, -0.25) is 53.0 Å². The summed E-state index contributed by atoms with van der Waals surface area (Å²) in [5.74, 6) is -6.08. The average Bonchev–Trinajstić information content (AvgIpc) is 1.69. The van der Waals surface area contributed by atoms with Crippen LogP contribution in [0.3, 0.4) is 0 Å². The third kappa shape index (κ3) is 26.8. The lowest BCUT2D eigenvalue weighted by atomic mass is 9.89. The van der Waals surface area contributed by atoms with Crippen LogP contribution in [0.15, 0.2) is 24.3 Å². The maximum atomic E-state index is 14.6. The molecule has 0 aromatic heterocycles. The van der Waals surface area contributed by atoms with Crippen LogP contribution < -0.4 is 43.0 Å². The van der Waals surface area contributed by atoms with Crippen molar-refractivity contribution in [1.29, 1.82) is 0 Å². The molecule has 25 nitrogen and oxygen atoms in total. The Morgan fingerprint density at radius 3 is 1.96 bits per heavy atom. The zero-order valence-electron chi connectivity index (χ0n) is 60.7. The number of likely N-dealkylation sites (tertiary alicyclic amines) is 2. The number of nitrogens with zero attached hydrogens (tertiary/aromatic N) is 5. The number of benzene rings is 1. The molecule has 2 saturated heterocycles. The molecule has 0 spiro atoms. The fourth-order valence-corrected chi connectivity index (χ4v) is 14.2. The summed E-state index contributed by atoms with van der Waals surface area (Å²) in [5, 5.41) is 19.2. The molecule has 97 heavy (non-hydrogen) atoms. The summed E-state index contributed by atoms with van der Waals surface area (Å²) >= 11 is 0.419. The maximum absolute atomic E-state index is 14.6. The number of alkyl halides is 3. The van der Waals surface area contributed by atoms with Crippen molar-refractivity contribution in [1.82, 2.24) is 55.4 Å². The minimum absolute atomic E-state index is 0.0413. The molecule has 550 valence electrons. The Kier molecular flexibility index (Phi) is 36.9. The van der Waals surface area contributed by atoms with Gasteiger partial charge in [0, 0.05) is 58.9 Å². The number of ether oxygens (including phenoxy) is 2. The highest BCUT2D eigenvalue weighted by atomic mass is 27.1. The molecule has 11 amide bonds.